The molecule has 0 spiro atoms. The van der Waals surface area contributed by atoms with Gasteiger partial charge >= 0.3 is 0 Å². The topological polar surface area (TPSA) is 75.3 Å². The van der Waals surface area contributed by atoms with Crippen molar-refractivity contribution in [1.82, 2.24) is 10.0 Å². The molecule has 1 aromatic carbocycles. The molecule has 2 N–H and O–H groups in total. The van der Waals surface area contributed by atoms with Gasteiger partial charge < -0.3 is 5.32 Å². The predicted octanol–water partition coefficient (Wildman–Crippen LogP) is 1.04. The summed E-state index contributed by atoms with van der Waals surface area (Å²) in [6.45, 7) is 5.24. The van der Waals surface area contributed by atoms with Crippen molar-refractivity contribution in [2.45, 2.75) is 31.7 Å². The second-order valence-electron chi connectivity index (χ2n) is 4.33. The number of carbonyl (C=O) groups is 1. The monoisotopic (exact) mass is 270 g/mol. The molecule has 0 radical (unpaired) electrons. The third kappa shape index (κ3) is 3.30. The van der Waals surface area contributed by atoms with E-state index in [0.29, 0.717) is 5.56 Å². The van der Waals surface area contributed by atoms with E-state index in [-0.39, 0.29) is 16.8 Å². The Kier molecular flexibility index (Phi) is 4.48. The largest absolute Gasteiger partial charge is 0.355 e. The van der Waals surface area contributed by atoms with E-state index in [2.05, 4.69) is 10.0 Å². The Labute approximate surface area is 108 Å². The Balaban J connectivity index is 3.24. The molecule has 100 valence electrons. The zero-order valence-electron chi connectivity index (χ0n) is 10.9. The van der Waals surface area contributed by atoms with Crippen molar-refractivity contribution in [2.75, 3.05) is 7.05 Å². The summed E-state index contributed by atoms with van der Waals surface area (Å²) in [5, 5.41) is 2.49. The minimum absolute atomic E-state index is 0.0976. The third-order valence-corrected chi connectivity index (χ3v) is 4.04. The van der Waals surface area contributed by atoms with Gasteiger partial charge in [0.25, 0.3) is 5.91 Å². The van der Waals surface area contributed by atoms with Crippen molar-refractivity contribution in [2.24, 2.45) is 0 Å². The fraction of sp³-hybridized carbons (Fsp3) is 0.417. The molecule has 0 aromatic heterocycles. The molecule has 0 aliphatic rings. The number of amides is 1. The lowest BCUT2D eigenvalue weighted by atomic mass is 10.1. The standard InChI is InChI=1S/C12H18N2O3S/c1-8(2)14-18(16,17)10-6-5-9(3)11(7-10)12(15)13-4/h5-8,14H,1-4H3,(H,13,15). The second-order valence-corrected chi connectivity index (χ2v) is 6.05. The number of rotatable bonds is 4. The van der Waals surface area contributed by atoms with Gasteiger partial charge in [0.2, 0.25) is 10.0 Å². The summed E-state index contributed by atoms with van der Waals surface area (Å²) in [4.78, 5) is 11.7. The zero-order valence-corrected chi connectivity index (χ0v) is 11.8. The molecule has 1 amide bonds. The highest BCUT2D eigenvalue weighted by Gasteiger charge is 2.18. The van der Waals surface area contributed by atoms with Crippen LogP contribution in [0.4, 0.5) is 0 Å². The van der Waals surface area contributed by atoms with Crippen LogP contribution in [0.2, 0.25) is 0 Å². The lowest BCUT2D eigenvalue weighted by molar-refractivity contribution is 0.0962. The van der Waals surface area contributed by atoms with Gasteiger partial charge in [-0.3, -0.25) is 4.79 Å². The van der Waals surface area contributed by atoms with Gasteiger partial charge in [0.15, 0.2) is 0 Å². The molecule has 5 nitrogen and oxygen atoms in total. The second kappa shape index (κ2) is 5.49. The molecule has 1 rings (SSSR count). The fourth-order valence-electron chi connectivity index (χ4n) is 1.53. The molecule has 0 unspecified atom stereocenters. The van der Waals surface area contributed by atoms with Crippen molar-refractivity contribution in [3.05, 3.63) is 29.3 Å². The Bertz CT molecular complexity index is 550. The van der Waals surface area contributed by atoms with Crippen LogP contribution >= 0.6 is 0 Å². The summed E-state index contributed by atoms with van der Waals surface area (Å²) >= 11 is 0. The normalized spacial score (nSPS) is 11.6. The van der Waals surface area contributed by atoms with Crippen LogP contribution < -0.4 is 10.0 Å². The molecule has 0 heterocycles. The quantitative estimate of drug-likeness (QED) is 0.858. The van der Waals surface area contributed by atoms with Gasteiger partial charge in [-0.1, -0.05) is 6.07 Å². The summed E-state index contributed by atoms with van der Waals surface area (Å²) in [6, 6.07) is 4.31. The molecule has 0 bridgehead atoms. The van der Waals surface area contributed by atoms with Crippen LogP contribution in [0.5, 0.6) is 0 Å². The number of hydrogen-bond acceptors (Lipinski definition) is 3. The first-order valence-corrected chi connectivity index (χ1v) is 7.11. The van der Waals surface area contributed by atoms with Gasteiger partial charge in [-0.15, -0.1) is 0 Å². The molecular weight excluding hydrogens is 252 g/mol. The Morgan fingerprint density at radius 2 is 1.89 bits per heavy atom. The summed E-state index contributed by atoms with van der Waals surface area (Å²) in [5.74, 6) is -0.297. The van der Waals surface area contributed by atoms with E-state index in [1.807, 2.05) is 0 Å². The molecule has 0 atom stereocenters. The van der Waals surface area contributed by atoms with Crippen molar-refractivity contribution in [3.8, 4) is 0 Å². The highest BCUT2D eigenvalue weighted by molar-refractivity contribution is 7.89. The average molecular weight is 270 g/mol. The maximum absolute atomic E-state index is 12.0. The van der Waals surface area contributed by atoms with Gasteiger partial charge in [0.1, 0.15) is 0 Å². The number of benzene rings is 1. The first-order chi connectivity index (χ1) is 8.27. The van der Waals surface area contributed by atoms with Gasteiger partial charge in [-0.2, -0.15) is 0 Å². The number of nitrogens with one attached hydrogen (secondary N) is 2. The van der Waals surface area contributed by atoms with Crippen LogP contribution in [0.15, 0.2) is 23.1 Å². The summed E-state index contributed by atoms with van der Waals surface area (Å²) < 4.78 is 26.4. The minimum Gasteiger partial charge on any atom is -0.355 e. The fourth-order valence-corrected chi connectivity index (χ4v) is 2.80. The third-order valence-electron chi connectivity index (χ3n) is 2.38. The maximum atomic E-state index is 12.0. The molecular formula is C12H18N2O3S. The predicted molar refractivity (Wildman–Crippen MR) is 70.0 cm³/mol. The van der Waals surface area contributed by atoms with E-state index in [1.165, 1.54) is 19.2 Å². The Hall–Kier alpha value is -1.40. The molecule has 0 fully saturated rings. The van der Waals surface area contributed by atoms with E-state index in [4.69, 9.17) is 0 Å². The van der Waals surface area contributed by atoms with Crippen molar-refractivity contribution in [3.63, 3.8) is 0 Å². The highest BCUT2D eigenvalue weighted by Crippen LogP contribution is 2.15. The van der Waals surface area contributed by atoms with Gasteiger partial charge in [-0.25, -0.2) is 13.1 Å². The van der Waals surface area contributed by atoms with E-state index in [9.17, 15) is 13.2 Å². The van der Waals surface area contributed by atoms with Crippen LogP contribution in [0.25, 0.3) is 0 Å². The lowest BCUT2D eigenvalue weighted by Gasteiger charge is -2.11. The molecule has 0 saturated heterocycles. The van der Waals surface area contributed by atoms with E-state index in [0.717, 1.165) is 5.56 Å². The maximum Gasteiger partial charge on any atom is 0.251 e. The average Bonchev–Trinajstić information content (AvgIpc) is 2.26. The first kappa shape index (κ1) is 14.7. The van der Waals surface area contributed by atoms with Crippen LogP contribution in [0, 0.1) is 6.92 Å². The van der Waals surface area contributed by atoms with Gasteiger partial charge in [0, 0.05) is 18.7 Å². The summed E-state index contributed by atoms with van der Waals surface area (Å²) in [5.41, 5.74) is 1.10. The first-order valence-electron chi connectivity index (χ1n) is 5.63. The molecule has 18 heavy (non-hydrogen) atoms. The van der Waals surface area contributed by atoms with Crippen LogP contribution in [0.3, 0.4) is 0 Å². The van der Waals surface area contributed by atoms with E-state index in [1.54, 1.807) is 26.8 Å². The van der Waals surface area contributed by atoms with Crippen molar-refractivity contribution >= 4 is 15.9 Å². The molecule has 6 heteroatoms. The number of hydrogen-bond donors (Lipinski definition) is 2. The van der Waals surface area contributed by atoms with E-state index >= 15 is 0 Å². The van der Waals surface area contributed by atoms with Crippen molar-refractivity contribution < 1.29 is 13.2 Å². The molecule has 1 aromatic rings. The Morgan fingerprint density at radius 1 is 1.28 bits per heavy atom. The van der Waals surface area contributed by atoms with Crippen LogP contribution in [-0.2, 0) is 10.0 Å². The molecule has 0 aliphatic heterocycles. The van der Waals surface area contributed by atoms with Crippen molar-refractivity contribution in [1.29, 1.82) is 0 Å². The van der Waals surface area contributed by atoms with Gasteiger partial charge in [-0.05, 0) is 38.5 Å². The molecule has 0 aliphatic carbocycles. The summed E-state index contributed by atoms with van der Waals surface area (Å²) in [6.07, 6.45) is 0. The summed E-state index contributed by atoms with van der Waals surface area (Å²) in [7, 11) is -2.06. The highest BCUT2D eigenvalue weighted by atomic mass is 32.2. The molecule has 0 saturated carbocycles. The lowest BCUT2D eigenvalue weighted by Crippen LogP contribution is -2.30. The Morgan fingerprint density at radius 3 is 2.39 bits per heavy atom. The van der Waals surface area contributed by atoms with Crippen LogP contribution in [-0.4, -0.2) is 27.4 Å². The zero-order chi connectivity index (χ0) is 13.9. The number of aryl methyl sites for hydroxylation is 1. The SMILES string of the molecule is CNC(=O)c1cc(S(=O)(=O)NC(C)C)ccc1C. The smallest absolute Gasteiger partial charge is 0.251 e. The van der Waals surface area contributed by atoms with Crippen LogP contribution in [0.1, 0.15) is 29.8 Å². The van der Waals surface area contributed by atoms with E-state index < -0.39 is 10.0 Å². The van der Waals surface area contributed by atoms with Gasteiger partial charge in [0.05, 0.1) is 4.90 Å². The minimum atomic E-state index is -3.57. The number of carbonyl (C=O) groups excluding carboxylic acids is 1. The number of sulfonamides is 1.